The summed E-state index contributed by atoms with van der Waals surface area (Å²) in [5, 5.41) is 12.1. The Morgan fingerprint density at radius 3 is 2.45 bits per heavy atom. The second kappa shape index (κ2) is 16.9. The Morgan fingerprint density at radius 2 is 1.68 bits per heavy atom. The van der Waals surface area contributed by atoms with Crippen molar-refractivity contribution in [1.82, 2.24) is 30.8 Å². The Bertz CT molecular complexity index is 2000. The largest absolute Gasteiger partial charge is 0.444 e. The third-order valence-corrected chi connectivity index (χ3v) is 9.60. The first-order valence-electron chi connectivity index (χ1n) is 18.5. The van der Waals surface area contributed by atoms with Gasteiger partial charge in [-0.15, -0.1) is 0 Å². The molecule has 1 unspecified atom stereocenters. The van der Waals surface area contributed by atoms with Crippen molar-refractivity contribution in [2.24, 2.45) is 0 Å². The molecule has 3 amide bonds. The van der Waals surface area contributed by atoms with Crippen molar-refractivity contribution in [3.8, 4) is 0 Å². The minimum Gasteiger partial charge on any atom is -0.444 e. The van der Waals surface area contributed by atoms with Crippen LogP contribution < -0.4 is 16.0 Å². The third kappa shape index (κ3) is 9.90. The Hall–Kier alpha value is -5.48. The number of hydrogen-bond donors (Lipinski definition) is 4. The summed E-state index contributed by atoms with van der Waals surface area (Å²) in [5.41, 5.74) is 4.33. The van der Waals surface area contributed by atoms with Crippen LogP contribution in [0.4, 0.5) is 4.79 Å². The number of hydrogen-bond acceptors (Lipinski definition) is 6. The average molecular weight is 715 g/mol. The minimum absolute atomic E-state index is 0.229. The molecule has 0 saturated heterocycles. The second-order valence-electron chi connectivity index (χ2n) is 14.8. The summed E-state index contributed by atoms with van der Waals surface area (Å²) >= 11 is 0. The first kappa shape index (κ1) is 37.3. The zero-order chi connectivity index (χ0) is 37.4. The molecule has 0 spiro atoms. The number of aryl methyl sites for hydroxylation is 1. The fourth-order valence-electron chi connectivity index (χ4n) is 6.94. The Morgan fingerprint density at radius 1 is 0.925 bits per heavy atom. The van der Waals surface area contributed by atoms with Gasteiger partial charge >= 0.3 is 6.09 Å². The van der Waals surface area contributed by atoms with Crippen molar-refractivity contribution in [3.63, 3.8) is 0 Å². The first-order valence-corrected chi connectivity index (χ1v) is 18.5. The van der Waals surface area contributed by atoms with E-state index in [9.17, 15) is 14.4 Å². The molecule has 0 fully saturated rings. The van der Waals surface area contributed by atoms with Gasteiger partial charge in [-0.3, -0.25) is 14.5 Å². The molecule has 0 bridgehead atoms. The molecule has 6 rings (SSSR count). The van der Waals surface area contributed by atoms with Crippen LogP contribution in [0.1, 0.15) is 97.5 Å². The summed E-state index contributed by atoms with van der Waals surface area (Å²) in [7, 11) is 0. The Kier molecular flexibility index (Phi) is 11.9. The van der Waals surface area contributed by atoms with Crippen molar-refractivity contribution >= 4 is 28.7 Å². The smallest absolute Gasteiger partial charge is 0.410 e. The third-order valence-electron chi connectivity index (χ3n) is 9.60. The highest BCUT2D eigenvalue weighted by Crippen LogP contribution is 2.30. The van der Waals surface area contributed by atoms with Crippen LogP contribution in [0.5, 0.6) is 0 Å². The summed E-state index contributed by atoms with van der Waals surface area (Å²) in [6.07, 6.45) is 6.16. The van der Waals surface area contributed by atoms with Gasteiger partial charge in [-0.05, 0) is 105 Å². The zero-order valence-corrected chi connectivity index (χ0v) is 31.0. The normalized spacial score (nSPS) is 15.0. The number of carbonyl (C=O) groups is 3. The molecule has 1 heterocycles. The molecule has 10 heteroatoms. The molecule has 0 saturated carbocycles. The van der Waals surface area contributed by atoms with Gasteiger partial charge in [0.1, 0.15) is 17.5 Å². The van der Waals surface area contributed by atoms with Gasteiger partial charge in [0.25, 0.3) is 5.91 Å². The quantitative estimate of drug-likeness (QED) is 0.0881. The number of nitrogens with one attached hydrogen (secondary N) is 4. The number of H-pyrrole nitrogens is 1. The van der Waals surface area contributed by atoms with Gasteiger partial charge in [-0.25, -0.2) is 9.78 Å². The van der Waals surface area contributed by atoms with E-state index in [2.05, 4.69) is 68.4 Å². The van der Waals surface area contributed by atoms with Crippen molar-refractivity contribution < 1.29 is 19.1 Å². The number of imidazole rings is 1. The van der Waals surface area contributed by atoms with Crippen LogP contribution in [0.15, 0.2) is 103 Å². The lowest BCUT2D eigenvalue weighted by Crippen LogP contribution is -2.47. The molecule has 5 aromatic rings. The standard InChI is InChI=1S/C43H50N6O4/c1-29(34-16-9-13-31-11-5-7-14-35(31)34)47-41(51)38(17-10-24-44-37-23-22-32-12-6-8-15-36(32)37)48-40(50)33-20-18-30(19-21-33)27-49(28-39-45-25-26-46-39)42(52)53-43(2,3)4/h5-9,11-16,18-21,25-26,29,37-38,44H,10,17,22-24,27-28H2,1-4H3,(H,45,46)(H,47,51)(H,48,50)/t29-,37?,38-/m0/s1. The molecule has 4 N–H and O–H groups in total. The molecule has 0 aliphatic heterocycles. The summed E-state index contributed by atoms with van der Waals surface area (Å²) in [5.74, 6) is 0.0634. The van der Waals surface area contributed by atoms with Crippen molar-refractivity contribution in [2.75, 3.05) is 6.54 Å². The predicted octanol–water partition coefficient (Wildman–Crippen LogP) is 7.53. The molecule has 3 atom stereocenters. The van der Waals surface area contributed by atoms with Crippen LogP contribution in [-0.4, -0.2) is 51.0 Å². The van der Waals surface area contributed by atoms with Crippen molar-refractivity contribution in [3.05, 3.63) is 137 Å². The zero-order valence-electron chi connectivity index (χ0n) is 31.0. The summed E-state index contributed by atoms with van der Waals surface area (Å²) < 4.78 is 5.65. The molecule has 276 valence electrons. The van der Waals surface area contributed by atoms with Crippen LogP contribution in [0, 0.1) is 0 Å². The van der Waals surface area contributed by atoms with Gasteiger partial charge in [-0.2, -0.15) is 0 Å². The van der Waals surface area contributed by atoms with Gasteiger partial charge in [-0.1, -0.05) is 78.9 Å². The Balaban J connectivity index is 1.12. The molecule has 10 nitrogen and oxygen atoms in total. The van der Waals surface area contributed by atoms with Gasteiger partial charge in [0, 0.05) is 30.5 Å². The molecule has 4 aromatic carbocycles. The fourth-order valence-corrected chi connectivity index (χ4v) is 6.94. The van der Waals surface area contributed by atoms with E-state index in [1.807, 2.05) is 64.1 Å². The highest BCUT2D eigenvalue weighted by atomic mass is 16.6. The number of rotatable bonds is 14. The SMILES string of the molecule is C[C@H](NC(=O)[C@H](CCCNC1CCc2ccccc21)NC(=O)c1ccc(CN(Cc2ncc[nH]2)C(=O)OC(C)(C)C)cc1)c1cccc2ccccc12. The number of aromatic nitrogens is 2. The Labute approximate surface area is 311 Å². The predicted molar refractivity (Wildman–Crippen MR) is 207 cm³/mol. The highest BCUT2D eigenvalue weighted by molar-refractivity contribution is 5.97. The topological polar surface area (TPSA) is 128 Å². The molecule has 53 heavy (non-hydrogen) atoms. The molecule has 1 aliphatic rings. The highest BCUT2D eigenvalue weighted by Gasteiger charge is 2.26. The van der Waals surface area contributed by atoms with E-state index in [0.717, 1.165) is 41.3 Å². The molecular formula is C43H50N6O4. The number of ether oxygens (including phenoxy) is 1. The van der Waals surface area contributed by atoms with E-state index < -0.39 is 17.7 Å². The van der Waals surface area contributed by atoms with Crippen LogP contribution in [0.25, 0.3) is 10.8 Å². The molecule has 0 radical (unpaired) electrons. The van der Waals surface area contributed by atoms with E-state index in [4.69, 9.17) is 4.74 Å². The maximum absolute atomic E-state index is 13.9. The van der Waals surface area contributed by atoms with Crippen LogP contribution in [0.3, 0.4) is 0 Å². The minimum atomic E-state index is -0.742. The number of carbonyl (C=O) groups excluding carboxylic acids is 3. The monoisotopic (exact) mass is 714 g/mol. The van der Waals surface area contributed by atoms with Gasteiger partial charge in [0.05, 0.1) is 12.6 Å². The lowest BCUT2D eigenvalue weighted by Gasteiger charge is -2.27. The number of fused-ring (bicyclic) bond motifs is 2. The maximum Gasteiger partial charge on any atom is 0.410 e. The molecule has 1 aliphatic carbocycles. The van der Waals surface area contributed by atoms with Crippen LogP contribution in [0.2, 0.25) is 0 Å². The second-order valence-corrected chi connectivity index (χ2v) is 14.8. The van der Waals surface area contributed by atoms with Crippen LogP contribution >= 0.6 is 0 Å². The van der Waals surface area contributed by atoms with E-state index in [-0.39, 0.29) is 30.9 Å². The fraction of sp³-hybridized carbons (Fsp3) is 0.349. The number of aromatic amines is 1. The summed E-state index contributed by atoms with van der Waals surface area (Å²) in [4.78, 5) is 49.5. The number of benzene rings is 4. The molecule has 1 aromatic heterocycles. The van der Waals surface area contributed by atoms with Crippen LogP contribution in [-0.2, 0) is 29.0 Å². The maximum atomic E-state index is 13.9. The summed E-state index contributed by atoms with van der Waals surface area (Å²) in [6, 6.07) is 29.1. The van der Waals surface area contributed by atoms with E-state index in [0.29, 0.717) is 30.3 Å². The number of nitrogens with zero attached hydrogens (tertiary/aromatic N) is 2. The van der Waals surface area contributed by atoms with Crippen molar-refractivity contribution in [2.45, 2.75) is 90.2 Å². The van der Waals surface area contributed by atoms with Gasteiger partial charge < -0.3 is 25.7 Å². The lowest BCUT2D eigenvalue weighted by molar-refractivity contribution is -0.123. The van der Waals surface area contributed by atoms with Gasteiger partial charge in [0.15, 0.2) is 0 Å². The van der Waals surface area contributed by atoms with E-state index in [1.165, 1.54) is 11.1 Å². The van der Waals surface area contributed by atoms with Gasteiger partial charge in [0.2, 0.25) is 5.91 Å². The van der Waals surface area contributed by atoms with E-state index in [1.54, 1.807) is 29.4 Å². The number of amides is 3. The van der Waals surface area contributed by atoms with Crippen molar-refractivity contribution in [1.29, 1.82) is 0 Å². The van der Waals surface area contributed by atoms with E-state index >= 15 is 0 Å². The molecular weight excluding hydrogens is 665 g/mol. The summed E-state index contributed by atoms with van der Waals surface area (Å²) in [6.45, 7) is 8.67. The average Bonchev–Trinajstić information content (AvgIpc) is 3.82. The first-order chi connectivity index (χ1) is 25.5. The lowest BCUT2D eigenvalue weighted by atomic mass is 9.99.